The smallest absolute Gasteiger partial charge is 0.0243 e. The molecule has 0 saturated carbocycles. The Kier molecular flexibility index (Phi) is 2.70. The van der Waals surface area contributed by atoms with Gasteiger partial charge < -0.3 is 5.32 Å². The summed E-state index contributed by atoms with van der Waals surface area (Å²) in [5, 5.41) is 3.47. The van der Waals surface area contributed by atoms with Crippen molar-refractivity contribution in [2.75, 3.05) is 13.1 Å². The van der Waals surface area contributed by atoms with Gasteiger partial charge in [0.2, 0.25) is 0 Å². The van der Waals surface area contributed by atoms with Crippen LogP contribution in [0.2, 0.25) is 0 Å². The van der Waals surface area contributed by atoms with Crippen molar-refractivity contribution in [2.24, 2.45) is 5.92 Å². The maximum Gasteiger partial charge on any atom is 0.0243 e. The van der Waals surface area contributed by atoms with Gasteiger partial charge in [0.15, 0.2) is 0 Å². The third-order valence-corrected chi connectivity index (χ3v) is 4.22. The van der Waals surface area contributed by atoms with Crippen molar-refractivity contribution in [1.82, 2.24) is 10.2 Å². The molecule has 16 heavy (non-hydrogen) atoms. The van der Waals surface area contributed by atoms with Gasteiger partial charge in [0.05, 0.1) is 0 Å². The van der Waals surface area contributed by atoms with Gasteiger partial charge in [-0.1, -0.05) is 24.3 Å². The minimum absolute atomic E-state index is 0.711. The van der Waals surface area contributed by atoms with Gasteiger partial charge in [-0.25, -0.2) is 0 Å². The van der Waals surface area contributed by atoms with Crippen LogP contribution in [0.15, 0.2) is 24.3 Å². The van der Waals surface area contributed by atoms with Crippen molar-refractivity contribution in [3.63, 3.8) is 0 Å². The van der Waals surface area contributed by atoms with Crippen molar-refractivity contribution in [2.45, 2.75) is 32.5 Å². The molecule has 3 rings (SSSR count). The minimum Gasteiger partial charge on any atom is -0.316 e. The first kappa shape index (κ1) is 10.3. The van der Waals surface area contributed by atoms with Crippen LogP contribution in [0.1, 0.15) is 24.5 Å². The lowest BCUT2D eigenvalue weighted by atomic mass is 9.99. The number of benzene rings is 1. The summed E-state index contributed by atoms with van der Waals surface area (Å²) < 4.78 is 0. The van der Waals surface area contributed by atoms with E-state index < -0.39 is 0 Å². The average Bonchev–Trinajstić information content (AvgIpc) is 2.97. The molecule has 2 aliphatic rings. The predicted molar refractivity (Wildman–Crippen MR) is 66.1 cm³/mol. The first-order valence-electron chi connectivity index (χ1n) is 6.36. The SMILES string of the molecule is CC(C1CCNC1)N1Cc2ccccc2C1. The standard InChI is InChI=1S/C14H20N2/c1-11(12-6-7-15-8-12)16-9-13-4-2-3-5-14(13)10-16/h2-5,11-12,15H,6-10H2,1H3. The average molecular weight is 216 g/mol. The summed E-state index contributed by atoms with van der Waals surface area (Å²) >= 11 is 0. The molecule has 0 aliphatic carbocycles. The molecule has 2 atom stereocenters. The number of nitrogens with zero attached hydrogens (tertiary/aromatic N) is 1. The Hall–Kier alpha value is -0.860. The van der Waals surface area contributed by atoms with E-state index in [-0.39, 0.29) is 0 Å². The molecule has 1 fully saturated rings. The number of fused-ring (bicyclic) bond motifs is 1. The summed E-state index contributed by atoms with van der Waals surface area (Å²) in [5.74, 6) is 0.842. The maximum atomic E-state index is 3.47. The fourth-order valence-corrected chi connectivity index (χ4v) is 3.03. The third-order valence-electron chi connectivity index (χ3n) is 4.22. The lowest BCUT2D eigenvalue weighted by molar-refractivity contribution is 0.162. The van der Waals surface area contributed by atoms with Crippen LogP contribution in [0.25, 0.3) is 0 Å². The molecule has 0 aromatic heterocycles. The molecule has 0 spiro atoms. The molecule has 1 aromatic rings. The minimum atomic E-state index is 0.711. The Morgan fingerprint density at radius 1 is 1.25 bits per heavy atom. The van der Waals surface area contributed by atoms with E-state index in [0.717, 1.165) is 19.0 Å². The molecular weight excluding hydrogens is 196 g/mol. The van der Waals surface area contributed by atoms with E-state index in [1.54, 1.807) is 0 Å². The van der Waals surface area contributed by atoms with Crippen molar-refractivity contribution in [1.29, 1.82) is 0 Å². The van der Waals surface area contributed by atoms with Gasteiger partial charge in [-0.15, -0.1) is 0 Å². The zero-order chi connectivity index (χ0) is 11.0. The van der Waals surface area contributed by atoms with Crippen molar-refractivity contribution >= 4 is 0 Å². The van der Waals surface area contributed by atoms with Crippen LogP contribution >= 0.6 is 0 Å². The number of nitrogens with one attached hydrogen (secondary N) is 1. The highest BCUT2D eigenvalue weighted by molar-refractivity contribution is 5.30. The molecule has 2 aliphatic heterocycles. The Labute approximate surface area is 97.6 Å². The molecular formula is C14H20N2. The fourth-order valence-electron chi connectivity index (χ4n) is 3.03. The third kappa shape index (κ3) is 1.76. The van der Waals surface area contributed by atoms with Gasteiger partial charge in [-0.2, -0.15) is 0 Å². The normalized spacial score (nSPS) is 26.9. The van der Waals surface area contributed by atoms with Crippen LogP contribution in [0.3, 0.4) is 0 Å². The molecule has 0 amide bonds. The zero-order valence-electron chi connectivity index (χ0n) is 9.95. The summed E-state index contributed by atoms with van der Waals surface area (Å²) in [4.78, 5) is 2.63. The number of rotatable bonds is 2. The molecule has 2 unspecified atom stereocenters. The summed E-state index contributed by atoms with van der Waals surface area (Å²) in [6.45, 7) is 7.09. The van der Waals surface area contributed by atoms with E-state index in [4.69, 9.17) is 0 Å². The summed E-state index contributed by atoms with van der Waals surface area (Å²) in [5.41, 5.74) is 3.06. The van der Waals surface area contributed by atoms with E-state index in [1.165, 1.54) is 30.6 Å². The highest BCUT2D eigenvalue weighted by Gasteiger charge is 2.29. The molecule has 2 heterocycles. The first-order valence-corrected chi connectivity index (χ1v) is 6.36. The first-order chi connectivity index (χ1) is 7.84. The quantitative estimate of drug-likeness (QED) is 0.813. The Morgan fingerprint density at radius 3 is 2.50 bits per heavy atom. The lowest BCUT2D eigenvalue weighted by Gasteiger charge is -2.28. The van der Waals surface area contributed by atoms with E-state index in [1.807, 2.05) is 0 Å². The van der Waals surface area contributed by atoms with Crippen LogP contribution in [0.4, 0.5) is 0 Å². The van der Waals surface area contributed by atoms with Crippen LogP contribution in [0.5, 0.6) is 0 Å². The van der Waals surface area contributed by atoms with Crippen LogP contribution in [-0.2, 0) is 13.1 Å². The van der Waals surface area contributed by atoms with Gasteiger partial charge in [0, 0.05) is 19.1 Å². The molecule has 1 N–H and O–H groups in total. The van der Waals surface area contributed by atoms with Gasteiger partial charge in [0.25, 0.3) is 0 Å². The second kappa shape index (κ2) is 4.19. The molecule has 0 bridgehead atoms. The Bertz CT molecular complexity index is 344. The van der Waals surface area contributed by atoms with Crippen LogP contribution in [-0.4, -0.2) is 24.0 Å². The van der Waals surface area contributed by atoms with E-state index in [0.29, 0.717) is 6.04 Å². The molecule has 2 nitrogen and oxygen atoms in total. The van der Waals surface area contributed by atoms with E-state index in [2.05, 4.69) is 41.4 Å². The molecule has 86 valence electrons. The summed E-state index contributed by atoms with van der Waals surface area (Å²) in [6, 6.07) is 9.57. The highest BCUT2D eigenvalue weighted by atomic mass is 15.2. The molecule has 2 heteroatoms. The molecule has 0 radical (unpaired) electrons. The maximum absolute atomic E-state index is 3.47. The monoisotopic (exact) mass is 216 g/mol. The largest absolute Gasteiger partial charge is 0.316 e. The number of hydrogen-bond acceptors (Lipinski definition) is 2. The predicted octanol–water partition coefficient (Wildman–Crippen LogP) is 2.00. The second-order valence-corrected chi connectivity index (χ2v) is 5.17. The van der Waals surface area contributed by atoms with Gasteiger partial charge in [-0.05, 0) is 43.5 Å². The van der Waals surface area contributed by atoms with Gasteiger partial charge in [-0.3, -0.25) is 4.90 Å². The van der Waals surface area contributed by atoms with Crippen molar-refractivity contribution in [3.8, 4) is 0 Å². The van der Waals surface area contributed by atoms with Gasteiger partial charge in [0.1, 0.15) is 0 Å². The molecule has 1 saturated heterocycles. The second-order valence-electron chi connectivity index (χ2n) is 5.17. The van der Waals surface area contributed by atoms with Crippen molar-refractivity contribution in [3.05, 3.63) is 35.4 Å². The number of hydrogen-bond donors (Lipinski definition) is 1. The van der Waals surface area contributed by atoms with E-state index in [9.17, 15) is 0 Å². The Morgan fingerprint density at radius 2 is 1.94 bits per heavy atom. The van der Waals surface area contributed by atoms with Crippen molar-refractivity contribution < 1.29 is 0 Å². The fraction of sp³-hybridized carbons (Fsp3) is 0.571. The highest BCUT2D eigenvalue weighted by Crippen LogP contribution is 2.28. The van der Waals surface area contributed by atoms with Gasteiger partial charge >= 0.3 is 0 Å². The summed E-state index contributed by atoms with van der Waals surface area (Å²) in [7, 11) is 0. The molecule has 1 aromatic carbocycles. The van der Waals surface area contributed by atoms with E-state index >= 15 is 0 Å². The lowest BCUT2D eigenvalue weighted by Crippen LogP contribution is -2.35. The van der Waals surface area contributed by atoms with Crippen LogP contribution in [0, 0.1) is 5.92 Å². The van der Waals surface area contributed by atoms with Crippen LogP contribution < -0.4 is 5.32 Å². The Balaban J connectivity index is 1.70. The topological polar surface area (TPSA) is 15.3 Å². The zero-order valence-corrected chi connectivity index (χ0v) is 9.95. The summed E-state index contributed by atoms with van der Waals surface area (Å²) in [6.07, 6.45) is 1.34.